The number of thiazole rings is 1. The fourth-order valence-electron chi connectivity index (χ4n) is 5.78. The van der Waals surface area contributed by atoms with E-state index in [0.717, 1.165) is 17.7 Å². The van der Waals surface area contributed by atoms with Gasteiger partial charge in [0, 0.05) is 38.6 Å². The summed E-state index contributed by atoms with van der Waals surface area (Å²) in [5.74, 6) is 0.818. The Morgan fingerprint density at radius 1 is 1.14 bits per heavy atom. The molecule has 0 spiro atoms. The SMILES string of the molecule is CNS(=O)(=O)c1cc(-c2sc(Nc3cccc(N4CCN(C(=O)O)CCC4=O)n3)nc2C)cc2c1C(=O)N(C(C)C1CC1)C2. The summed E-state index contributed by atoms with van der Waals surface area (Å²) in [6.07, 6.45) is 1.14. The minimum atomic E-state index is -3.93. The lowest BCUT2D eigenvalue weighted by Gasteiger charge is -2.24. The van der Waals surface area contributed by atoms with Crippen LogP contribution >= 0.6 is 11.3 Å². The van der Waals surface area contributed by atoms with Gasteiger partial charge in [-0.05, 0) is 75.0 Å². The average molecular weight is 640 g/mol. The first-order valence-electron chi connectivity index (χ1n) is 14.4. The van der Waals surface area contributed by atoms with E-state index in [2.05, 4.69) is 20.0 Å². The Labute approximate surface area is 259 Å². The first kappa shape index (κ1) is 30.0. The second-order valence-corrected chi connectivity index (χ2v) is 14.1. The van der Waals surface area contributed by atoms with Crippen LogP contribution in [-0.4, -0.2) is 83.9 Å². The average Bonchev–Trinajstić information content (AvgIpc) is 3.74. The number of aryl methyl sites for hydroxylation is 1. The number of aromatic nitrogens is 2. The van der Waals surface area contributed by atoms with Gasteiger partial charge < -0.3 is 20.2 Å². The van der Waals surface area contributed by atoms with E-state index in [0.29, 0.717) is 46.1 Å². The molecule has 1 unspecified atom stereocenters. The van der Waals surface area contributed by atoms with Crippen LogP contribution in [0.25, 0.3) is 10.4 Å². The number of benzene rings is 1. The highest BCUT2D eigenvalue weighted by atomic mass is 32.2. The Balaban J connectivity index is 1.29. The molecule has 2 fully saturated rings. The zero-order chi connectivity index (χ0) is 31.3. The van der Waals surface area contributed by atoms with Gasteiger partial charge in [-0.3, -0.25) is 14.5 Å². The number of hydrogen-bond acceptors (Lipinski definition) is 9. The van der Waals surface area contributed by atoms with Crippen molar-refractivity contribution in [3.8, 4) is 10.4 Å². The van der Waals surface area contributed by atoms with Crippen LogP contribution in [-0.2, 0) is 21.4 Å². The number of carboxylic acid groups (broad SMARTS) is 1. The van der Waals surface area contributed by atoms with E-state index in [-0.39, 0.29) is 54.4 Å². The molecule has 1 saturated heterocycles. The Bertz CT molecular complexity index is 1770. The summed E-state index contributed by atoms with van der Waals surface area (Å²) in [5.41, 5.74) is 2.22. The summed E-state index contributed by atoms with van der Waals surface area (Å²) in [4.78, 5) is 52.0. The van der Waals surface area contributed by atoms with E-state index < -0.39 is 16.1 Å². The van der Waals surface area contributed by atoms with Crippen LogP contribution in [0.2, 0.25) is 0 Å². The van der Waals surface area contributed by atoms with Gasteiger partial charge in [0.15, 0.2) is 5.13 Å². The van der Waals surface area contributed by atoms with Gasteiger partial charge in [0.1, 0.15) is 11.6 Å². The van der Waals surface area contributed by atoms with Crippen molar-refractivity contribution in [3.63, 3.8) is 0 Å². The van der Waals surface area contributed by atoms with Gasteiger partial charge in [-0.15, -0.1) is 0 Å². The highest BCUT2D eigenvalue weighted by Gasteiger charge is 2.41. The number of fused-ring (bicyclic) bond motifs is 1. The molecule has 3 N–H and O–H groups in total. The zero-order valence-corrected chi connectivity index (χ0v) is 26.2. The first-order chi connectivity index (χ1) is 21.0. The van der Waals surface area contributed by atoms with Crippen molar-refractivity contribution < 1.29 is 27.9 Å². The lowest BCUT2D eigenvalue weighted by molar-refractivity contribution is -0.118. The summed E-state index contributed by atoms with van der Waals surface area (Å²) >= 11 is 1.32. The molecule has 44 heavy (non-hydrogen) atoms. The number of carbonyl (C=O) groups is 3. The zero-order valence-electron chi connectivity index (χ0n) is 24.5. The predicted octanol–water partition coefficient (Wildman–Crippen LogP) is 3.64. The third kappa shape index (κ3) is 5.62. The minimum absolute atomic E-state index is 0.0356. The van der Waals surface area contributed by atoms with Gasteiger partial charge in [0.25, 0.3) is 5.91 Å². The van der Waals surface area contributed by atoms with Crippen molar-refractivity contribution >= 4 is 56.0 Å². The van der Waals surface area contributed by atoms with E-state index in [1.54, 1.807) is 29.2 Å². The lowest BCUT2D eigenvalue weighted by Crippen LogP contribution is -2.35. The number of pyridine rings is 1. The van der Waals surface area contributed by atoms with Gasteiger partial charge in [0.2, 0.25) is 15.9 Å². The summed E-state index contributed by atoms with van der Waals surface area (Å²) < 4.78 is 28.6. The molecule has 3 aromatic rings. The van der Waals surface area contributed by atoms with Crippen LogP contribution in [0.4, 0.5) is 21.6 Å². The smallest absolute Gasteiger partial charge is 0.407 e. The first-order valence-corrected chi connectivity index (χ1v) is 16.7. The van der Waals surface area contributed by atoms with Gasteiger partial charge in [-0.1, -0.05) is 17.4 Å². The second kappa shape index (κ2) is 11.4. The molecule has 1 saturated carbocycles. The van der Waals surface area contributed by atoms with Gasteiger partial charge >= 0.3 is 6.09 Å². The highest BCUT2D eigenvalue weighted by molar-refractivity contribution is 7.89. The number of anilines is 3. The fourth-order valence-corrected chi connectivity index (χ4v) is 7.73. The quantitative estimate of drug-likeness (QED) is 0.334. The van der Waals surface area contributed by atoms with Crippen LogP contribution < -0.4 is 14.9 Å². The van der Waals surface area contributed by atoms with Crippen LogP contribution in [0.5, 0.6) is 0 Å². The standard InChI is InChI=1S/C29H33N7O6S2/c1-16-26(19-13-20-15-36(17(2)18-7-8-18)27(38)25(20)21(14-19)44(41,42)30-3)43-28(31-16)33-22-5-4-6-23(32-22)35-12-11-34(29(39)40)10-9-24(35)37/h4-6,13-14,17-18,30H,7-12,15H2,1-3H3,(H,39,40)(H,31,32,33). The molecule has 2 aromatic heterocycles. The van der Waals surface area contributed by atoms with Crippen LogP contribution in [0.15, 0.2) is 35.2 Å². The van der Waals surface area contributed by atoms with E-state index in [4.69, 9.17) is 0 Å². The molecule has 3 aliphatic rings. The maximum Gasteiger partial charge on any atom is 0.407 e. The molecule has 4 heterocycles. The van der Waals surface area contributed by atoms with Gasteiger partial charge in [-0.2, -0.15) is 0 Å². The van der Waals surface area contributed by atoms with E-state index in [1.165, 1.54) is 28.2 Å². The molecular weight excluding hydrogens is 606 g/mol. The lowest BCUT2D eigenvalue weighted by atomic mass is 10.0. The topological polar surface area (TPSA) is 165 Å². The molecule has 2 aliphatic heterocycles. The number of amides is 3. The maximum atomic E-state index is 13.5. The van der Waals surface area contributed by atoms with E-state index in [9.17, 15) is 27.9 Å². The van der Waals surface area contributed by atoms with Crippen LogP contribution in [0.3, 0.4) is 0 Å². The molecule has 1 atom stereocenters. The predicted molar refractivity (Wildman–Crippen MR) is 165 cm³/mol. The van der Waals surface area contributed by atoms with Crippen molar-refractivity contribution in [3.05, 3.63) is 47.2 Å². The molecule has 15 heteroatoms. The second-order valence-electron chi connectivity index (χ2n) is 11.2. The Morgan fingerprint density at radius 2 is 1.91 bits per heavy atom. The number of nitrogens with one attached hydrogen (secondary N) is 2. The number of rotatable bonds is 8. The Kier molecular flexibility index (Phi) is 7.80. The molecule has 3 amide bonds. The Hall–Kier alpha value is -4.08. The van der Waals surface area contributed by atoms with Crippen molar-refractivity contribution in [2.45, 2.75) is 50.6 Å². The highest BCUT2D eigenvalue weighted by Crippen LogP contribution is 2.42. The third-order valence-corrected chi connectivity index (χ3v) is 11.0. The van der Waals surface area contributed by atoms with E-state index in [1.807, 2.05) is 19.9 Å². The summed E-state index contributed by atoms with van der Waals surface area (Å²) in [6, 6.07) is 8.65. The van der Waals surface area contributed by atoms with Gasteiger partial charge in [-0.25, -0.2) is 27.9 Å². The molecule has 232 valence electrons. The van der Waals surface area contributed by atoms with Crippen molar-refractivity contribution in [2.24, 2.45) is 5.92 Å². The molecule has 6 rings (SSSR count). The molecule has 13 nitrogen and oxygen atoms in total. The van der Waals surface area contributed by atoms with E-state index >= 15 is 0 Å². The maximum absolute atomic E-state index is 13.5. The summed E-state index contributed by atoms with van der Waals surface area (Å²) in [6.45, 7) is 4.72. The number of carbonyl (C=O) groups excluding carboxylic acids is 2. The van der Waals surface area contributed by atoms with Gasteiger partial charge in [0.05, 0.1) is 21.0 Å². The number of nitrogens with zero attached hydrogens (tertiary/aromatic N) is 5. The third-order valence-electron chi connectivity index (χ3n) is 8.42. The monoisotopic (exact) mass is 639 g/mol. The largest absolute Gasteiger partial charge is 0.465 e. The summed E-state index contributed by atoms with van der Waals surface area (Å²) in [5, 5.41) is 13.0. The van der Waals surface area contributed by atoms with Crippen molar-refractivity contribution in [1.29, 1.82) is 0 Å². The van der Waals surface area contributed by atoms with Crippen LogP contribution in [0.1, 0.15) is 47.8 Å². The summed E-state index contributed by atoms with van der Waals surface area (Å²) in [7, 11) is -2.60. The molecule has 1 aromatic carbocycles. The molecular formula is C29H33N7O6S2. The number of sulfonamides is 1. The molecule has 1 aliphatic carbocycles. The number of hydrogen-bond donors (Lipinski definition) is 3. The fraction of sp³-hybridized carbons (Fsp3) is 0.414. The van der Waals surface area contributed by atoms with Crippen LogP contribution in [0, 0.1) is 12.8 Å². The molecule has 0 radical (unpaired) electrons. The van der Waals surface area contributed by atoms with Crippen molar-refractivity contribution in [1.82, 2.24) is 24.5 Å². The molecule has 0 bridgehead atoms. The Morgan fingerprint density at radius 3 is 2.61 bits per heavy atom. The van der Waals surface area contributed by atoms with Crippen molar-refractivity contribution in [2.75, 3.05) is 36.9 Å². The normalized spacial score (nSPS) is 17.9. The minimum Gasteiger partial charge on any atom is -0.465 e.